The molecule has 0 saturated carbocycles. The molecule has 0 amide bonds. The van der Waals surface area contributed by atoms with Crippen LogP contribution in [-0.2, 0) is 13.4 Å². The van der Waals surface area contributed by atoms with Crippen molar-refractivity contribution >= 4 is 51.3 Å². The smallest absolute Gasteiger partial charge is 0.563 e. The third-order valence-electron chi connectivity index (χ3n) is 0.316. The minimum absolute atomic E-state index is 0. The van der Waals surface area contributed by atoms with Crippen molar-refractivity contribution in [2.45, 2.75) is 3.79 Å². The number of hydrogen-bond donors (Lipinski definition) is 2. The predicted molar refractivity (Wildman–Crippen MR) is 45.9 cm³/mol. The van der Waals surface area contributed by atoms with Crippen molar-refractivity contribution in [2.75, 3.05) is 6.61 Å². The number of alkyl halides is 3. The summed E-state index contributed by atoms with van der Waals surface area (Å²) < 4.78 is 20.4. The summed E-state index contributed by atoms with van der Waals surface area (Å²) in [6.45, 7) is -0.433. The molecule has 0 aromatic rings. The van der Waals surface area contributed by atoms with Gasteiger partial charge in [0.05, 0.1) is 6.61 Å². The average Bonchev–Trinajstić information content (AvgIpc) is 1.84. The van der Waals surface area contributed by atoms with Gasteiger partial charge in [-0.15, -0.1) is 4.89 Å². The van der Waals surface area contributed by atoms with Gasteiger partial charge in [-0.05, 0) is 4.57 Å². The molecule has 0 rings (SSSR count). The molecular formula is C2H4Cl3NaO6P2+2. The predicted octanol–water partition coefficient (Wildman–Crippen LogP) is -1.98. The zero-order valence-electron chi connectivity index (χ0n) is 6.76. The van der Waals surface area contributed by atoms with Crippen LogP contribution in [0.2, 0.25) is 0 Å². The Kier molecular flexibility index (Phi) is 17.3. The normalized spacial score (nSPS) is 11.9. The van der Waals surface area contributed by atoms with E-state index in [-0.39, 0.29) is 29.6 Å². The van der Waals surface area contributed by atoms with Crippen LogP contribution in [0.25, 0.3) is 0 Å². The number of rotatable bonds is 2. The first-order chi connectivity index (χ1) is 5.69. The fourth-order valence-corrected chi connectivity index (χ4v) is 0.513. The molecule has 0 heterocycles. The summed E-state index contributed by atoms with van der Waals surface area (Å²) in [5, 5.41) is 8.01. The molecule has 0 aliphatic rings. The van der Waals surface area contributed by atoms with E-state index in [2.05, 4.69) is 4.31 Å². The van der Waals surface area contributed by atoms with Crippen molar-refractivity contribution in [3.63, 3.8) is 0 Å². The van der Waals surface area contributed by atoms with Crippen LogP contribution in [0.1, 0.15) is 0 Å². The topological polar surface area (TPSA) is 107 Å². The van der Waals surface area contributed by atoms with Crippen LogP contribution >= 0.6 is 51.3 Å². The fourth-order valence-electron chi connectivity index (χ4n) is 0.0570. The third kappa shape index (κ3) is 29.2. The quantitative estimate of drug-likeness (QED) is 0.347. The van der Waals surface area contributed by atoms with E-state index in [4.69, 9.17) is 44.8 Å². The fraction of sp³-hybridized carbons (Fsp3) is 1.00. The summed E-state index contributed by atoms with van der Waals surface area (Å²) >= 11 is 15.0. The van der Waals surface area contributed by atoms with Crippen LogP contribution in [0.5, 0.6) is 0 Å². The Labute approximate surface area is 119 Å². The minimum Gasteiger partial charge on any atom is -0.563 e. The Bertz CT molecular complexity index is 172. The van der Waals surface area contributed by atoms with Gasteiger partial charge >= 0.3 is 46.1 Å². The van der Waals surface area contributed by atoms with Crippen molar-refractivity contribution < 1.29 is 57.9 Å². The maximum Gasteiger partial charge on any atom is 1.00 e. The molecule has 0 fully saturated rings. The Morgan fingerprint density at radius 3 is 1.64 bits per heavy atom. The van der Waals surface area contributed by atoms with Gasteiger partial charge in [0.15, 0.2) is 0 Å². The number of halogens is 3. The van der Waals surface area contributed by atoms with E-state index in [1.165, 1.54) is 0 Å². The Hall–Kier alpha value is 1.91. The standard InChI is InChI=1S/C2H3Cl3O.Na.O5P2/c3-2(4,5)1-6;;1-6(2)5-7(3)4/h6H,1H2;;/q;+1;/p+1. The van der Waals surface area contributed by atoms with Crippen LogP contribution in [0.15, 0.2) is 0 Å². The molecule has 0 spiro atoms. The van der Waals surface area contributed by atoms with Gasteiger partial charge in [0, 0.05) is 4.57 Å². The maximum absolute atomic E-state index is 9.35. The Balaban J connectivity index is -0.000000163. The first-order valence-electron chi connectivity index (χ1n) is 2.35. The largest absolute Gasteiger partial charge is 1.00 e. The molecule has 2 unspecified atom stereocenters. The van der Waals surface area contributed by atoms with Crippen molar-refractivity contribution in [3.05, 3.63) is 0 Å². The monoisotopic (exact) mass is 314 g/mol. The SMILES string of the molecule is O=[P+]([O-])O[P+](=O)O.OCC(Cl)(Cl)Cl.[Na+]. The molecular weight excluding hydrogens is 311 g/mol. The average molecular weight is 315 g/mol. The van der Waals surface area contributed by atoms with Crippen LogP contribution in [0.3, 0.4) is 0 Å². The molecule has 0 aromatic heterocycles. The van der Waals surface area contributed by atoms with Crippen LogP contribution in [-0.4, -0.2) is 20.4 Å². The number of aliphatic hydroxyl groups is 1. The van der Waals surface area contributed by atoms with Gasteiger partial charge < -0.3 is 10.00 Å². The maximum atomic E-state index is 9.35. The molecule has 0 radical (unpaired) electrons. The minimum atomic E-state index is -3.17. The zero-order valence-corrected chi connectivity index (χ0v) is 12.8. The van der Waals surface area contributed by atoms with Crippen LogP contribution in [0, 0.1) is 0 Å². The van der Waals surface area contributed by atoms with E-state index in [9.17, 15) is 14.0 Å². The summed E-state index contributed by atoms with van der Waals surface area (Å²) in [6.07, 6.45) is 0. The first kappa shape index (κ1) is 21.2. The van der Waals surface area contributed by atoms with E-state index >= 15 is 0 Å². The van der Waals surface area contributed by atoms with Gasteiger partial charge in [-0.3, -0.25) is 0 Å². The first-order valence-corrected chi connectivity index (χ1v) is 5.71. The van der Waals surface area contributed by atoms with Crippen molar-refractivity contribution in [1.82, 2.24) is 0 Å². The number of aliphatic hydroxyl groups excluding tert-OH is 1. The summed E-state index contributed by atoms with van der Waals surface area (Å²) in [5.74, 6) is 0. The van der Waals surface area contributed by atoms with Crippen molar-refractivity contribution in [2.24, 2.45) is 0 Å². The summed E-state index contributed by atoms with van der Waals surface area (Å²) in [7, 11) is -6.16. The van der Waals surface area contributed by atoms with Crippen LogP contribution < -0.4 is 34.5 Å². The number of hydrogen-bond acceptors (Lipinski definition) is 5. The van der Waals surface area contributed by atoms with Crippen molar-refractivity contribution in [1.29, 1.82) is 0 Å². The van der Waals surface area contributed by atoms with Crippen molar-refractivity contribution in [3.8, 4) is 0 Å². The summed E-state index contributed by atoms with van der Waals surface area (Å²) in [4.78, 5) is 16.9. The molecule has 12 heteroatoms. The zero-order chi connectivity index (χ0) is 11.1. The van der Waals surface area contributed by atoms with E-state index in [0.717, 1.165) is 0 Å². The molecule has 0 aliphatic heterocycles. The Morgan fingerprint density at radius 2 is 1.64 bits per heavy atom. The van der Waals surface area contributed by atoms with E-state index in [1.54, 1.807) is 0 Å². The molecule has 0 aliphatic carbocycles. The van der Waals surface area contributed by atoms with Gasteiger partial charge in [-0.25, -0.2) is 0 Å². The van der Waals surface area contributed by atoms with E-state index < -0.39 is 26.9 Å². The molecule has 0 aromatic carbocycles. The Morgan fingerprint density at radius 1 is 1.36 bits per heavy atom. The van der Waals surface area contributed by atoms with Gasteiger partial charge in [-0.1, -0.05) is 34.8 Å². The van der Waals surface area contributed by atoms with E-state index in [1.807, 2.05) is 0 Å². The molecule has 14 heavy (non-hydrogen) atoms. The third-order valence-corrected chi connectivity index (χ3v) is 1.77. The van der Waals surface area contributed by atoms with Gasteiger partial charge in [-0.2, -0.15) is 0 Å². The molecule has 78 valence electrons. The summed E-state index contributed by atoms with van der Waals surface area (Å²) in [5.41, 5.74) is 0. The molecule has 0 bridgehead atoms. The molecule has 2 atom stereocenters. The second-order valence-corrected chi connectivity index (χ2v) is 5.41. The van der Waals surface area contributed by atoms with Gasteiger partial charge in [0.1, 0.15) is 4.31 Å². The molecule has 6 nitrogen and oxygen atoms in total. The summed E-state index contributed by atoms with van der Waals surface area (Å²) in [6, 6.07) is 0. The molecule has 2 N–H and O–H groups in total. The van der Waals surface area contributed by atoms with Gasteiger partial charge in [0.2, 0.25) is 3.79 Å². The van der Waals surface area contributed by atoms with Gasteiger partial charge in [0.25, 0.3) is 0 Å². The second kappa shape index (κ2) is 11.4. The van der Waals surface area contributed by atoms with Crippen LogP contribution in [0.4, 0.5) is 0 Å². The molecule has 0 saturated heterocycles. The second-order valence-electron chi connectivity index (χ2n) is 1.32. The van der Waals surface area contributed by atoms with E-state index in [0.29, 0.717) is 0 Å².